The van der Waals surface area contributed by atoms with Crippen LogP contribution in [0.2, 0.25) is 5.02 Å². The maximum Gasteiger partial charge on any atom is 0.387 e. The molecule has 1 aromatic carbocycles. The minimum atomic E-state index is -3.30. The minimum Gasteiger partial charge on any atom is -0.434 e. The van der Waals surface area contributed by atoms with E-state index in [0.717, 1.165) is 0 Å². The van der Waals surface area contributed by atoms with Crippen molar-refractivity contribution in [3.05, 3.63) is 28.8 Å². The third kappa shape index (κ3) is 6.00. The molecule has 0 bridgehead atoms. The van der Waals surface area contributed by atoms with Crippen molar-refractivity contribution in [2.75, 3.05) is 19.3 Å². The summed E-state index contributed by atoms with van der Waals surface area (Å²) in [6.45, 7) is -2.59. The van der Waals surface area contributed by atoms with E-state index in [-0.39, 0.29) is 24.6 Å². The van der Waals surface area contributed by atoms with Crippen molar-refractivity contribution < 1.29 is 21.9 Å². The molecular weight excluding hydrogens is 314 g/mol. The Hall–Kier alpha value is -0.960. The van der Waals surface area contributed by atoms with Crippen LogP contribution in [0.3, 0.4) is 0 Å². The molecule has 5 nitrogen and oxygen atoms in total. The molecule has 0 heterocycles. The van der Waals surface area contributed by atoms with Gasteiger partial charge in [-0.3, -0.25) is 0 Å². The fourth-order valence-electron chi connectivity index (χ4n) is 1.43. The molecule has 0 unspecified atom stereocenters. The van der Waals surface area contributed by atoms with Gasteiger partial charge < -0.3 is 10.1 Å². The highest BCUT2D eigenvalue weighted by molar-refractivity contribution is 7.89. The van der Waals surface area contributed by atoms with Crippen LogP contribution in [0.4, 0.5) is 8.78 Å². The first kappa shape index (κ1) is 17.1. The molecule has 0 aliphatic carbocycles. The molecule has 1 rings (SSSR count). The summed E-state index contributed by atoms with van der Waals surface area (Å²) < 4.78 is 53.3. The Labute approximate surface area is 121 Å². The average molecular weight is 329 g/mol. The van der Waals surface area contributed by atoms with Crippen LogP contribution >= 0.6 is 11.6 Å². The number of sulfonamides is 1. The average Bonchev–Trinajstić information content (AvgIpc) is 2.37. The Kier molecular flexibility index (Phi) is 6.60. The predicted octanol–water partition coefficient (Wildman–Crippen LogP) is 1.58. The number of halogens is 3. The van der Waals surface area contributed by atoms with E-state index in [1.54, 1.807) is 0 Å². The molecular formula is C11H15ClF2N2O3S. The van der Waals surface area contributed by atoms with Crippen molar-refractivity contribution in [1.82, 2.24) is 10.0 Å². The Morgan fingerprint density at radius 3 is 2.70 bits per heavy atom. The molecule has 9 heteroatoms. The van der Waals surface area contributed by atoms with Gasteiger partial charge in [0, 0.05) is 23.7 Å². The van der Waals surface area contributed by atoms with Crippen LogP contribution in [0, 0.1) is 0 Å². The fraction of sp³-hybridized carbons (Fsp3) is 0.455. The second-order valence-electron chi connectivity index (χ2n) is 3.83. The maximum atomic E-state index is 12.2. The smallest absolute Gasteiger partial charge is 0.387 e. The van der Waals surface area contributed by atoms with Crippen LogP contribution in [-0.4, -0.2) is 34.4 Å². The van der Waals surface area contributed by atoms with Gasteiger partial charge >= 0.3 is 6.61 Å². The lowest BCUT2D eigenvalue weighted by Gasteiger charge is -2.12. The van der Waals surface area contributed by atoms with Gasteiger partial charge in [0.2, 0.25) is 10.0 Å². The van der Waals surface area contributed by atoms with Crippen LogP contribution in [0.25, 0.3) is 0 Å². The quantitative estimate of drug-likeness (QED) is 0.711. The largest absolute Gasteiger partial charge is 0.434 e. The monoisotopic (exact) mass is 328 g/mol. The van der Waals surface area contributed by atoms with Crippen LogP contribution in [0.15, 0.2) is 18.2 Å². The van der Waals surface area contributed by atoms with Gasteiger partial charge in [0.25, 0.3) is 0 Å². The number of benzene rings is 1. The highest BCUT2D eigenvalue weighted by Crippen LogP contribution is 2.24. The first-order valence-electron chi connectivity index (χ1n) is 5.69. The van der Waals surface area contributed by atoms with Crippen LogP contribution in [0.1, 0.15) is 5.56 Å². The second kappa shape index (κ2) is 7.72. The number of rotatable bonds is 8. The summed E-state index contributed by atoms with van der Waals surface area (Å²) in [5.74, 6) is -0.108. The molecule has 0 radical (unpaired) electrons. The van der Waals surface area contributed by atoms with Gasteiger partial charge in [0.15, 0.2) is 0 Å². The van der Waals surface area contributed by atoms with Gasteiger partial charge in [0.05, 0.1) is 5.75 Å². The minimum absolute atomic E-state index is 0.00775. The Balaban J connectivity index is 2.60. The van der Waals surface area contributed by atoms with E-state index in [4.69, 9.17) is 11.6 Å². The fourth-order valence-corrected chi connectivity index (χ4v) is 2.24. The summed E-state index contributed by atoms with van der Waals surface area (Å²) in [7, 11) is -1.98. The topological polar surface area (TPSA) is 67.4 Å². The molecule has 20 heavy (non-hydrogen) atoms. The first-order valence-corrected chi connectivity index (χ1v) is 7.72. The van der Waals surface area contributed by atoms with Gasteiger partial charge in [-0.2, -0.15) is 8.78 Å². The first-order chi connectivity index (χ1) is 9.34. The van der Waals surface area contributed by atoms with Gasteiger partial charge in [-0.25, -0.2) is 13.1 Å². The van der Waals surface area contributed by atoms with E-state index in [2.05, 4.69) is 14.8 Å². The molecule has 0 aromatic heterocycles. The summed E-state index contributed by atoms with van der Waals surface area (Å²) in [6, 6.07) is 4.27. The van der Waals surface area contributed by atoms with Crippen molar-refractivity contribution >= 4 is 21.6 Å². The Morgan fingerprint density at radius 2 is 2.10 bits per heavy atom. The third-order valence-corrected chi connectivity index (χ3v) is 4.01. The summed E-state index contributed by atoms with van der Waals surface area (Å²) in [4.78, 5) is 0. The number of alkyl halides is 2. The van der Waals surface area contributed by atoms with Crippen molar-refractivity contribution in [3.8, 4) is 5.75 Å². The Morgan fingerprint density at radius 1 is 1.40 bits per heavy atom. The van der Waals surface area contributed by atoms with E-state index >= 15 is 0 Å². The van der Waals surface area contributed by atoms with Crippen LogP contribution in [0.5, 0.6) is 5.75 Å². The van der Waals surface area contributed by atoms with Crippen LogP contribution in [-0.2, 0) is 16.6 Å². The van der Waals surface area contributed by atoms with Crippen molar-refractivity contribution in [3.63, 3.8) is 0 Å². The Bertz CT molecular complexity index is 540. The highest BCUT2D eigenvalue weighted by Gasteiger charge is 2.11. The summed E-state index contributed by atoms with van der Waals surface area (Å²) >= 11 is 5.78. The van der Waals surface area contributed by atoms with Gasteiger partial charge in [-0.1, -0.05) is 11.6 Å². The van der Waals surface area contributed by atoms with E-state index < -0.39 is 16.6 Å². The number of ether oxygens (including phenoxy) is 1. The third-order valence-electron chi connectivity index (χ3n) is 2.41. The van der Waals surface area contributed by atoms with Crippen molar-refractivity contribution in [2.24, 2.45) is 0 Å². The number of nitrogens with one attached hydrogen (secondary N) is 2. The SMILES string of the molecule is CNS(=O)(=O)CCNCc1cc(Cl)ccc1OC(F)F. The predicted molar refractivity (Wildman–Crippen MR) is 72.6 cm³/mol. The molecule has 0 saturated carbocycles. The zero-order chi connectivity index (χ0) is 15.2. The lowest BCUT2D eigenvalue weighted by Crippen LogP contribution is -2.29. The van der Waals surface area contributed by atoms with Gasteiger partial charge in [-0.15, -0.1) is 0 Å². The van der Waals surface area contributed by atoms with E-state index in [0.29, 0.717) is 10.6 Å². The molecule has 0 aliphatic heterocycles. The number of hydrogen-bond donors (Lipinski definition) is 2. The standard InChI is InChI=1S/C11H15ClF2N2O3S/c1-15-20(17,18)5-4-16-7-8-6-9(12)2-3-10(8)19-11(13)14/h2-3,6,11,15-16H,4-5,7H2,1H3. The molecule has 0 atom stereocenters. The summed E-state index contributed by atoms with van der Waals surface area (Å²) in [5, 5.41) is 3.21. The highest BCUT2D eigenvalue weighted by atomic mass is 35.5. The summed E-state index contributed by atoms with van der Waals surface area (Å²) in [6.07, 6.45) is 0. The molecule has 114 valence electrons. The van der Waals surface area contributed by atoms with Gasteiger partial charge in [0.1, 0.15) is 5.75 Å². The summed E-state index contributed by atoms with van der Waals surface area (Å²) in [5.41, 5.74) is 0.430. The van der Waals surface area contributed by atoms with Crippen molar-refractivity contribution in [1.29, 1.82) is 0 Å². The van der Waals surface area contributed by atoms with Crippen molar-refractivity contribution in [2.45, 2.75) is 13.2 Å². The number of hydrogen-bond acceptors (Lipinski definition) is 4. The van der Waals surface area contributed by atoms with E-state index in [1.807, 2.05) is 0 Å². The zero-order valence-corrected chi connectivity index (χ0v) is 12.3. The van der Waals surface area contributed by atoms with E-state index in [9.17, 15) is 17.2 Å². The molecule has 0 spiro atoms. The van der Waals surface area contributed by atoms with Crippen LogP contribution < -0.4 is 14.8 Å². The lowest BCUT2D eigenvalue weighted by molar-refractivity contribution is -0.0504. The molecule has 1 aromatic rings. The normalized spacial score (nSPS) is 11.8. The molecule has 2 N–H and O–H groups in total. The second-order valence-corrected chi connectivity index (χ2v) is 6.31. The zero-order valence-electron chi connectivity index (χ0n) is 10.7. The molecule has 0 amide bonds. The van der Waals surface area contributed by atoms with E-state index in [1.165, 1.54) is 25.2 Å². The lowest BCUT2D eigenvalue weighted by atomic mass is 10.2. The molecule has 0 saturated heterocycles. The molecule has 0 fully saturated rings. The molecule has 0 aliphatic rings. The van der Waals surface area contributed by atoms with Gasteiger partial charge in [-0.05, 0) is 25.2 Å². The maximum absolute atomic E-state index is 12.2.